The first-order chi connectivity index (χ1) is 11.1. The van der Waals surface area contributed by atoms with Gasteiger partial charge in [0.05, 0.1) is 23.1 Å². The quantitative estimate of drug-likeness (QED) is 0.813. The summed E-state index contributed by atoms with van der Waals surface area (Å²) in [5.41, 5.74) is 2.63. The van der Waals surface area contributed by atoms with Crippen LogP contribution < -0.4 is 0 Å². The lowest BCUT2D eigenvalue weighted by Crippen LogP contribution is -2.34. The van der Waals surface area contributed by atoms with Crippen molar-refractivity contribution in [1.29, 1.82) is 0 Å². The number of rotatable bonds is 6. The van der Waals surface area contributed by atoms with Crippen molar-refractivity contribution in [3.8, 4) is 5.69 Å². The van der Waals surface area contributed by atoms with Crippen LogP contribution in [0.2, 0.25) is 0 Å². The van der Waals surface area contributed by atoms with Gasteiger partial charge in [0.2, 0.25) is 0 Å². The topological polar surface area (TPSA) is 38.1 Å². The fraction of sp³-hybridized carbons (Fsp3) is 0.474. The van der Waals surface area contributed by atoms with E-state index < -0.39 is 0 Å². The van der Waals surface area contributed by atoms with Crippen LogP contribution in [-0.4, -0.2) is 33.2 Å². The van der Waals surface area contributed by atoms with E-state index in [1.165, 1.54) is 0 Å². The van der Waals surface area contributed by atoms with E-state index in [1.54, 1.807) is 6.20 Å². The van der Waals surface area contributed by atoms with Gasteiger partial charge in [-0.1, -0.05) is 32.0 Å². The third-order valence-corrected chi connectivity index (χ3v) is 4.44. The van der Waals surface area contributed by atoms with Crippen LogP contribution in [0.1, 0.15) is 49.2 Å². The molecule has 2 aromatic rings. The summed E-state index contributed by atoms with van der Waals surface area (Å²) in [5.74, 6) is 0.741. The van der Waals surface area contributed by atoms with Gasteiger partial charge in [0, 0.05) is 12.6 Å². The van der Waals surface area contributed by atoms with E-state index in [2.05, 4.69) is 23.8 Å². The lowest BCUT2D eigenvalue weighted by molar-refractivity contribution is 0.0734. The molecule has 4 nitrogen and oxygen atoms in total. The van der Waals surface area contributed by atoms with Crippen molar-refractivity contribution < 1.29 is 4.79 Å². The van der Waals surface area contributed by atoms with Crippen LogP contribution in [0, 0.1) is 12.8 Å². The lowest BCUT2D eigenvalue weighted by Gasteiger charge is -2.23. The Kier molecular flexibility index (Phi) is 4.51. The summed E-state index contributed by atoms with van der Waals surface area (Å²) in [6, 6.07) is 10.4. The summed E-state index contributed by atoms with van der Waals surface area (Å²) in [6.07, 6.45) is 5.04. The molecule has 0 unspecified atom stereocenters. The second kappa shape index (κ2) is 6.57. The van der Waals surface area contributed by atoms with E-state index in [9.17, 15) is 4.79 Å². The van der Waals surface area contributed by atoms with Gasteiger partial charge in [-0.15, -0.1) is 0 Å². The number of hydrogen-bond acceptors (Lipinski definition) is 2. The second-order valence-corrected chi connectivity index (χ2v) is 6.80. The van der Waals surface area contributed by atoms with Crippen LogP contribution >= 0.6 is 0 Å². The van der Waals surface area contributed by atoms with Gasteiger partial charge in [0.15, 0.2) is 0 Å². The summed E-state index contributed by atoms with van der Waals surface area (Å²) in [6.45, 7) is 7.22. The molecule has 1 fully saturated rings. The first kappa shape index (κ1) is 15.8. The van der Waals surface area contributed by atoms with Gasteiger partial charge in [-0.3, -0.25) is 4.79 Å². The Bertz CT molecular complexity index is 671. The molecule has 3 rings (SSSR count). The molecule has 1 heterocycles. The maximum atomic E-state index is 13.0. The highest BCUT2D eigenvalue weighted by Gasteiger charge is 2.34. The van der Waals surface area contributed by atoms with Gasteiger partial charge in [-0.05, 0) is 44.2 Å². The molecule has 0 atom stereocenters. The zero-order chi connectivity index (χ0) is 16.4. The number of hydrogen-bond donors (Lipinski definition) is 0. The molecule has 1 aliphatic carbocycles. The maximum Gasteiger partial charge on any atom is 0.257 e. The first-order valence-corrected chi connectivity index (χ1v) is 8.49. The summed E-state index contributed by atoms with van der Waals surface area (Å²) in [7, 11) is 0. The van der Waals surface area contributed by atoms with Gasteiger partial charge >= 0.3 is 0 Å². The van der Waals surface area contributed by atoms with E-state index in [4.69, 9.17) is 0 Å². The SMILES string of the molecule is Cc1c(C(=O)N(CCC(C)C)C2CC2)cnn1-c1ccccc1. The predicted octanol–water partition coefficient (Wildman–Crippen LogP) is 3.83. The smallest absolute Gasteiger partial charge is 0.257 e. The van der Waals surface area contributed by atoms with Crippen molar-refractivity contribution in [3.63, 3.8) is 0 Å². The van der Waals surface area contributed by atoms with E-state index in [0.29, 0.717) is 12.0 Å². The standard InChI is InChI=1S/C19H25N3O/c1-14(2)11-12-21(16-9-10-16)19(23)18-13-20-22(15(18)3)17-7-5-4-6-8-17/h4-8,13-14,16H,9-12H2,1-3H3. The summed E-state index contributed by atoms with van der Waals surface area (Å²) < 4.78 is 1.85. The third-order valence-electron chi connectivity index (χ3n) is 4.44. The number of benzene rings is 1. The van der Waals surface area contributed by atoms with Gasteiger partial charge in [0.25, 0.3) is 5.91 Å². The molecule has 1 aliphatic rings. The second-order valence-electron chi connectivity index (χ2n) is 6.80. The van der Waals surface area contributed by atoms with Crippen molar-refractivity contribution in [2.45, 2.75) is 46.1 Å². The molecular weight excluding hydrogens is 286 g/mol. The average molecular weight is 311 g/mol. The molecule has 1 aromatic heterocycles. The van der Waals surface area contributed by atoms with Crippen molar-refractivity contribution >= 4 is 5.91 Å². The van der Waals surface area contributed by atoms with Gasteiger partial charge in [-0.2, -0.15) is 5.10 Å². The minimum Gasteiger partial charge on any atom is -0.336 e. The van der Waals surface area contributed by atoms with Crippen molar-refractivity contribution in [1.82, 2.24) is 14.7 Å². The summed E-state index contributed by atoms with van der Waals surface area (Å²) in [5, 5.41) is 4.43. The highest BCUT2D eigenvalue weighted by Crippen LogP contribution is 2.29. The minimum absolute atomic E-state index is 0.132. The van der Waals surface area contributed by atoms with Crippen LogP contribution in [-0.2, 0) is 0 Å². The summed E-state index contributed by atoms with van der Waals surface area (Å²) in [4.78, 5) is 15.0. The van der Waals surface area contributed by atoms with Crippen LogP contribution in [0.4, 0.5) is 0 Å². The fourth-order valence-electron chi connectivity index (χ4n) is 2.84. The highest BCUT2D eigenvalue weighted by molar-refractivity contribution is 5.95. The van der Waals surface area contributed by atoms with E-state index in [0.717, 1.165) is 42.8 Å². The molecule has 0 bridgehead atoms. The number of aromatic nitrogens is 2. The zero-order valence-electron chi connectivity index (χ0n) is 14.2. The Morgan fingerprint density at radius 1 is 1.30 bits per heavy atom. The molecule has 0 radical (unpaired) electrons. The summed E-state index contributed by atoms with van der Waals surface area (Å²) >= 11 is 0. The van der Waals surface area contributed by atoms with Crippen LogP contribution in [0.15, 0.2) is 36.5 Å². The molecule has 0 N–H and O–H groups in total. The molecule has 122 valence electrons. The maximum absolute atomic E-state index is 13.0. The number of carbonyl (C=O) groups excluding carboxylic acids is 1. The predicted molar refractivity (Wildman–Crippen MR) is 91.8 cm³/mol. The molecule has 4 heteroatoms. The van der Waals surface area contributed by atoms with Crippen molar-refractivity contribution in [2.75, 3.05) is 6.54 Å². The molecule has 1 aromatic carbocycles. The number of carbonyl (C=O) groups is 1. The Labute approximate surface area is 138 Å². The Balaban J connectivity index is 1.83. The van der Waals surface area contributed by atoms with Crippen LogP contribution in [0.3, 0.4) is 0 Å². The minimum atomic E-state index is 0.132. The molecule has 23 heavy (non-hydrogen) atoms. The first-order valence-electron chi connectivity index (χ1n) is 8.49. The fourth-order valence-corrected chi connectivity index (χ4v) is 2.84. The molecule has 0 aliphatic heterocycles. The Hall–Kier alpha value is -2.10. The van der Waals surface area contributed by atoms with Gasteiger partial charge < -0.3 is 4.90 Å². The third kappa shape index (κ3) is 3.46. The van der Waals surface area contributed by atoms with E-state index >= 15 is 0 Å². The molecule has 0 saturated heterocycles. The monoisotopic (exact) mass is 311 g/mol. The van der Waals surface area contributed by atoms with Crippen LogP contribution in [0.25, 0.3) is 5.69 Å². The van der Waals surface area contributed by atoms with Gasteiger partial charge in [-0.25, -0.2) is 4.68 Å². The number of para-hydroxylation sites is 1. The molecule has 0 spiro atoms. The average Bonchev–Trinajstić information content (AvgIpc) is 3.30. The molecular formula is C19H25N3O. The van der Waals surface area contributed by atoms with Crippen molar-refractivity contribution in [2.24, 2.45) is 5.92 Å². The molecule has 1 amide bonds. The van der Waals surface area contributed by atoms with E-state index in [-0.39, 0.29) is 5.91 Å². The lowest BCUT2D eigenvalue weighted by atomic mass is 10.1. The van der Waals surface area contributed by atoms with Crippen LogP contribution in [0.5, 0.6) is 0 Å². The Morgan fingerprint density at radius 2 is 2.00 bits per heavy atom. The van der Waals surface area contributed by atoms with E-state index in [1.807, 2.05) is 41.9 Å². The molecule has 1 saturated carbocycles. The Morgan fingerprint density at radius 3 is 2.61 bits per heavy atom. The van der Waals surface area contributed by atoms with Crippen molar-refractivity contribution in [3.05, 3.63) is 47.8 Å². The number of amides is 1. The largest absolute Gasteiger partial charge is 0.336 e. The zero-order valence-corrected chi connectivity index (χ0v) is 14.2. The normalized spacial score (nSPS) is 14.3. The number of nitrogens with zero attached hydrogens (tertiary/aromatic N) is 3. The van der Waals surface area contributed by atoms with Gasteiger partial charge in [0.1, 0.15) is 0 Å². The highest BCUT2D eigenvalue weighted by atomic mass is 16.2.